The number of aryl methyl sites for hydroxylation is 1. The Balaban J connectivity index is 2.31. The van der Waals surface area contributed by atoms with Gasteiger partial charge in [0.2, 0.25) is 0 Å². The van der Waals surface area contributed by atoms with Crippen molar-refractivity contribution < 1.29 is 0 Å². The number of halogens is 1. The average molecular weight is 268 g/mol. The van der Waals surface area contributed by atoms with Crippen molar-refractivity contribution >= 4 is 17.3 Å². The number of nitrogens with zero attached hydrogens (tertiary/aromatic N) is 3. The molecule has 1 aliphatic heterocycles. The van der Waals surface area contributed by atoms with Crippen molar-refractivity contribution in [1.29, 1.82) is 0 Å². The van der Waals surface area contributed by atoms with Crippen LogP contribution in [-0.2, 0) is 5.88 Å². The molecule has 0 saturated carbocycles. The highest BCUT2D eigenvalue weighted by atomic mass is 35.5. The number of hydrogen-bond acceptors (Lipinski definition) is 3. The van der Waals surface area contributed by atoms with Crippen LogP contribution in [0.5, 0.6) is 0 Å². The summed E-state index contributed by atoms with van der Waals surface area (Å²) in [5.41, 5.74) is 3.46. The van der Waals surface area contributed by atoms with Crippen molar-refractivity contribution in [3.8, 4) is 0 Å². The summed E-state index contributed by atoms with van der Waals surface area (Å²) in [6.45, 7) is 7.69. The van der Waals surface area contributed by atoms with Crippen LogP contribution in [0.15, 0.2) is 12.3 Å². The van der Waals surface area contributed by atoms with Crippen LogP contribution in [-0.4, -0.2) is 42.6 Å². The first kappa shape index (κ1) is 13.6. The molecular weight excluding hydrogens is 246 g/mol. The van der Waals surface area contributed by atoms with E-state index >= 15 is 0 Å². The van der Waals surface area contributed by atoms with Gasteiger partial charge in [-0.3, -0.25) is 4.98 Å². The van der Waals surface area contributed by atoms with E-state index in [1.165, 1.54) is 18.7 Å². The summed E-state index contributed by atoms with van der Waals surface area (Å²) in [5.74, 6) is 0.529. The van der Waals surface area contributed by atoms with Crippen molar-refractivity contribution in [3.63, 3.8) is 0 Å². The zero-order chi connectivity index (χ0) is 13.1. The molecule has 1 saturated heterocycles. The van der Waals surface area contributed by atoms with E-state index in [0.29, 0.717) is 11.9 Å². The van der Waals surface area contributed by atoms with Crippen LogP contribution in [0.2, 0.25) is 0 Å². The van der Waals surface area contributed by atoms with Gasteiger partial charge in [-0.1, -0.05) is 0 Å². The van der Waals surface area contributed by atoms with E-state index in [4.69, 9.17) is 11.6 Å². The van der Waals surface area contributed by atoms with Crippen molar-refractivity contribution in [2.45, 2.75) is 32.2 Å². The van der Waals surface area contributed by atoms with Crippen LogP contribution in [0.3, 0.4) is 0 Å². The first-order chi connectivity index (χ1) is 8.61. The Morgan fingerprint density at radius 1 is 1.44 bits per heavy atom. The summed E-state index contributed by atoms with van der Waals surface area (Å²) in [6, 6.07) is 2.68. The highest BCUT2D eigenvalue weighted by Crippen LogP contribution is 2.26. The number of aromatic nitrogens is 1. The van der Waals surface area contributed by atoms with Crippen LogP contribution < -0.4 is 4.90 Å². The Kier molecular flexibility index (Phi) is 4.46. The van der Waals surface area contributed by atoms with Gasteiger partial charge in [-0.05, 0) is 39.9 Å². The van der Waals surface area contributed by atoms with Gasteiger partial charge < -0.3 is 9.80 Å². The number of pyridine rings is 1. The number of likely N-dealkylation sites (N-methyl/N-ethyl adjacent to an activating group) is 1. The Bertz CT molecular complexity index is 408. The van der Waals surface area contributed by atoms with Gasteiger partial charge in [-0.15, -0.1) is 11.6 Å². The van der Waals surface area contributed by atoms with Gasteiger partial charge in [0, 0.05) is 42.3 Å². The third-order valence-corrected chi connectivity index (χ3v) is 3.89. The van der Waals surface area contributed by atoms with Crippen molar-refractivity contribution in [3.05, 3.63) is 23.5 Å². The molecule has 2 heterocycles. The van der Waals surface area contributed by atoms with Crippen LogP contribution in [0.25, 0.3) is 0 Å². The van der Waals surface area contributed by atoms with Gasteiger partial charge in [0.05, 0.1) is 5.88 Å². The van der Waals surface area contributed by atoms with Crippen LogP contribution in [0.1, 0.15) is 24.6 Å². The number of hydrogen-bond donors (Lipinski definition) is 0. The summed E-state index contributed by atoms with van der Waals surface area (Å²) < 4.78 is 0. The predicted octanol–water partition coefficient (Wildman–Crippen LogP) is 2.66. The van der Waals surface area contributed by atoms with E-state index < -0.39 is 0 Å². The molecule has 1 fully saturated rings. The van der Waals surface area contributed by atoms with E-state index in [2.05, 4.69) is 34.8 Å². The molecule has 2 rings (SSSR count). The molecule has 1 atom stereocenters. The van der Waals surface area contributed by atoms with E-state index in [0.717, 1.165) is 24.3 Å². The fourth-order valence-corrected chi connectivity index (χ4v) is 2.88. The molecule has 0 amide bonds. The molecule has 1 unspecified atom stereocenters. The molecule has 1 aromatic rings. The standard InChI is InChI=1S/C14H22ClN3/c1-11-7-14(13(8-15)9-16-11)18-6-4-5-17(3)10-12(18)2/h7,9,12H,4-6,8,10H2,1-3H3. The molecule has 0 bridgehead atoms. The van der Waals surface area contributed by atoms with Crippen molar-refractivity contribution in [2.24, 2.45) is 0 Å². The van der Waals surface area contributed by atoms with E-state index in [9.17, 15) is 0 Å². The minimum atomic E-state index is 0.515. The monoisotopic (exact) mass is 267 g/mol. The lowest BCUT2D eigenvalue weighted by molar-refractivity contribution is 0.337. The maximum absolute atomic E-state index is 6.04. The molecule has 1 aromatic heterocycles. The van der Waals surface area contributed by atoms with Crippen LogP contribution >= 0.6 is 11.6 Å². The number of anilines is 1. The van der Waals surface area contributed by atoms with Gasteiger partial charge in [0.15, 0.2) is 0 Å². The smallest absolute Gasteiger partial charge is 0.0509 e. The average Bonchev–Trinajstić information content (AvgIpc) is 2.50. The molecule has 3 nitrogen and oxygen atoms in total. The Labute approximate surface area is 115 Å². The third-order valence-electron chi connectivity index (χ3n) is 3.60. The molecule has 0 radical (unpaired) electrons. The van der Waals surface area contributed by atoms with Gasteiger partial charge in [-0.25, -0.2) is 0 Å². The molecular formula is C14H22ClN3. The lowest BCUT2D eigenvalue weighted by Crippen LogP contribution is -2.38. The van der Waals surface area contributed by atoms with E-state index in [-0.39, 0.29) is 0 Å². The van der Waals surface area contributed by atoms with Gasteiger partial charge in [0.1, 0.15) is 0 Å². The molecule has 0 aliphatic carbocycles. The number of rotatable bonds is 2. The summed E-state index contributed by atoms with van der Waals surface area (Å²) in [7, 11) is 2.19. The van der Waals surface area contributed by atoms with Crippen LogP contribution in [0.4, 0.5) is 5.69 Å². The summed E-state index contributed by atoms with van der Waals surface area (Å²) in [4.78, 5) is 9.23. The number of alkyl halides is 1. The second-order valence-corrected chi connectivity index (χ2v) is 5.51. The second-order valence-electron chi connectivity index (χ2n) is 5.25. The highest BCUT2D eigenvalue weighted by Gasteiger charge is 2.21. The zero-order valence-corrected chi connectivity index (χ0v) is 12.2. The first-order valence-corrected chi connectivity index (χ1v) is 7.12. The topological polar surface area (TPSA) is 19.4 Å². The Morgan fingerprint density at radius 2 is 2.22 bits per heavy atom. The summed E-state index contributed by atoms with van der Waals surface area (Å²) >= 11 is 6.04. The summed E-state index contributed by atoms with van der Waals surface area (Å²) in [6.07, 6.45) is 3.11. The van der Waals surface area contributed by atoms with Gasteiger partial charge >= 0.3 is 0 Å². The quantitative estimate of drug-likeness (QED) is 0.768. The maximum Gasteiger partial charge on any atom is 0.0509 e. The molecule has 0 N–H and O–H groups in total. The summed E-state index contributed by atoms with van der Waals surface area (Å²) in [5, 5.41) is 0. The molecule has 0 spiro atoms. The maximum atomic E-state index is 6.04. The fraction of sp³-hybridized carbons (Fsp3) is 0.643. The SMILES string of the molecule is Cc1cc(N2CCCN(C)CC2C)c(CCl)cn1. The second kappa shape index (κ2) is 5.89. The fourth-order valence-electron chi connectivity index (χ4n) is 2.67. The molecule has 4 heteroatoms. The molecule has 18 heavy (non-hydrogen) atoms. The lowest BCUT2D eigenvalue weighted by atomic mass is 10.1. The van der Waals surface area contributed by atoms with E-state index in [1.54, 1.807) is 0 Å². The predicted molar refractivity (Wildman–Crippen MR) is 77.5 cm³/mol. The Morgan fingerprint density at radius 3 is 2.94 bits per heavy atom. The van der Waals surface area contributed by atoms with E-state index in [1.807, 2.05) is 13.1 Å². The minimum Gasteiger partial charge on any atom is -0.367 e. The molecule has 100 valence electrons. The normalized spacial score (nSPS) is 22.0. The lowest BCUT2D eigenvalue weighted by Gasteiger charge is -2.31. The van der Waals surface area contributed by atoms with Gasteiger partial charge in [-0.2, -0.15) is 0 Å². The molecule has 1 aliphatic rings. The minimum absolute atomic E-state index is 0.515. The Hall–Kier alpha value is -0.800. The molecule has 0 aromatic carbocycles. The third kappa shape index (κ3) is 2.96. The van der Waals surface area contributed by atoms with Crippen molar-refractivity contribution in [1.82, 2.24) is 9.88 Å². The largest absolute Gasteiger partial charge is 0.367 e. The first-order valence-electron chi connectivity index (χ1n) is 6.58. The van der Waals surface area contributed by atoms with Gasteiger partial charge in [0.25, 0.3) is 0 Å². The van der Waals surface area contributed by atoms with Crippen molar-refractivity contribution in [2.75, 3.05) is 31.6 Å². The zero-order valence-electron chi connectivity index (χ0n) is 11.5. The highest BCUT2D eigenvalue weighted by molar-refractivity contribution is 6.17. The van der Waals surface area contributed by atoms with Crippen LogP contribution in [0, 0.1) is 6.92 Å².